The van der Waals surface area contributed by atoms with Crippen molar-refractivity contribution in [2.75, 3.05) is 6.54 Å². The molecule has 1 spiro atoms. The van der Waals surface area contributed by atoms with Crippen molar-refractivity contribution in [2.45, 2.75) is 83.0 Å². The van der Waals surface area contributed by atoms with E-state index in [2.05, 4.69) is 46.4 Å². The number of nitrogens with zero attached hydrogens (tertiary/aromatic N) is 2. The monoisotopic (exact) mass is 549 g/mol. The van der Waals surface area contributed by atoms with E-state index in [0.717, 1.165) is 72.4 Å². The number of aromatic amines is 1. The van der Waals surface area contributed by atoms with Crippen molar-refractivity contribution in [1.82, 2.24) is 25.5 Å². The van der Waals surface area contributed by atoms with E-state index in [0.29, 0.717) is 23.3 Å². The quantitative estimate of drug-likeness (QED) is 0.283. The van der Waals surface area contributed by atoms with Gasteiger partial charge in [-0.1, -0.05) is 32.4 Å². The van der Waals surface area contributed by atoms with Gasteiger partial charge in [-0.2, -0.15) is 0 Å². The third-order valence-corrected chi connectivity index (χ3v) is 10.3. The first-order chi connectivity index (χ1) is 19.9. The maximum atomic E-state index is 13.5. The van der Waals surface area contributed by atoms with Gasteiger partial charge in [-0.05, 0) is 104 Å². The molecule has 2 amide bonds. The lowest BCUT2D eigenvalue weighted by atomic mass is 9.72. The highest BCUT2D eigenvalue weighted by Gasteiger charge is 2.68. The van der Waals surface area contributed by atoms with Crippen molar-refractivity contribution in [2.24, 2.45) is 17.3 Å². The minimum Gasteiger partial charge on any atom is -0.347 e. The van der Waals surface area contributed by atoms with Gasteiger partial charge in [0.25, 0.3) is 11.8 Å². The van der Waals surface area contributed by atoms with Gasteiger partial charge in [-0.3, -0.25) is 14.9 Å². The Morgan fingerprint density at radius 1 is 1.17 bits per heavy atom. The van der Waals surface area contributed by atoms with Crippen molar-refractivity contribution in [3.8, 4) is 12.3 Å². The van der Waals surface area contributed by atoms with Gasteiger partial charge in [0.05, 0.1) is 12.2 Å². The number of terminal acetylenes is 1. The van der Waals surface area contributed by atoms with E-state index in [1.807, 2.05) is 30.3 Å². The Balaban J connectivity index is 1.21. The third kappa shape index (κ3) is 4.35. The predicted molar refractivity (Wildman–Crippen MR) is 159 cm³/mol. The van der Waals surface area contributed by atoms with Crippen LogP contribution in [0.5, 0.6) is 0 Å². The number of benzene rings is 1. The van der Waals surface area contributed by atoms with Crippen molar-refractivity contribution in [3.63, 3.8) is 0 Å². The SMILES string of the molecule is C#CC(=O)N1[C@@H](c2ccc(C(=O)NC34CC(C)CC5(CC5C3)C4)cc2)c2[nH]c3ncccc3c2C[C@@H]1NCCCC. The molecule has 3 aromatic rings. The first kappa shape index (κ1) is 26.3. The Labute approximate surface area is 241 Å². The molecule has 2 bridgehead atoms. The number of unbranched alkanes of at least 4 members (excludes halogenated alkanes) is 1. The lowest BCUT2D eigenvalue weighted by Gasteiger charge is -2.42. The summed E-state index contributed by atoms with van der Waals surface area (Å²) in [6, 6.07) is 11.3. The standard InChI is InChI=1S/C34H39N5O2/c1-4-6-13-35-27-15-26-25-8-7-14-36-31(25)37-29(26)30(39(27)28(40)5-2)22-9-11-23(12-10-22)32(41)38-34-17-21(3)16-33(20-34)18-24(33)19-34/h2,7-12,14,21,24,27,30,35H,4,6,13,15-20H2,1,3H3,(H,36,37)(H,38,41)/t21?,24?,27-,30+,33?,34?/m1/s1. The number of amides is 2. The van der Waals surface area contributed by atoms with Gasteiger partial charge in [-0.15, -0.1) is 6.42 Å². The first-order valence-corrected chi connectivity index (χ1v) is 15.3. The summed E-state index contributed by atoms with van der Waals surface area (Å²) in [6.45, 7) is 5.28. The fourth-order valence-corrected chi connectivity index (χ4v) is 8.78. The van der Waals surface area contributed by atoms with Crippen LogP contribution in [0.15, 0.2) is 42.6 Å². The molecule has 3 fully saturated rings. The van der Waals surface area contributed by atoms with Crippen molar-refractivity contribution in [3.05, 3.63) is 65.0 Å². The Hall–Kier alpha value is -3.63. The van der Waals surface area contributed by atoms with E-state index in [-0.39, 0.29) is 23.5 Å². The highest BCUT2D eigenvalue weighted by Crippen LogP contribution is 2.73. The number of H-pyrrole nitrogens is 1. The normalized spacial score (nSPS) is 31.3. The lowest BCUT2D eigenvalue weighted by Crippen LogP contribution is -2.54. The van der Waals surface area contributed by atoms with E-state index < -0.39 is 6.04 Å². The highest BCUT2D eigenvalue weighted by molar-refractivity contribution is 5.96. The maximum Gasteiger partial charge on any atom is 0.300 e. The Kier molecular flexibility index (Phi) is 6.24. The molecule has 1 aliphatic heterocycles. The molecule has 3 saturated carbocycles. The fourth-order valence-electron chi connectivity index (χ4n) is 8.78. The second-order valence-corrected chi connectivity index (χ2v) is 13.2. The van der Waals surface area contributed by atoms with Crippen molar-refractivity contribution < 1.29 is 9.59 Å². The molecule has 4 aliphatic rings. The summed E-state index contributed by atoms with van der Waals surface area (Å²) >= 11 is 0. The number of carbonyl (C=O) groups is 2. The van der Waals surface area contributed by atoms with E-state index in [9.17, 15) is 9.59 Å². The van der Waals surface area contributed by atoms with Crippen molar-refractivity contribution >= 4 is 22.8 Å². The zero-order valence-electron chi connectivity index (χ0n) is 24.0. The van der Waals surface area contributed by atoms with E-state index >= 15 is 0 Å². The molecule has 7 rings (SSSR count). The minimum absolute atomic E-state index is 0.00286. The summed E-state index contributed by atoms with van der Waals surface area (Å²) in [7, 11) is 0. The average molecular weight is 550 g/mol. The lowest BCUT2D eigenvalue weighted by molar-refractivity contribution is -0.130. The van der Waals surface area contributed by atoms with Crippen LogP contribution in [-0.4, -0.2) is 44.9 Å². The molecule has 7 heteroatoms. The Morgan fingerprint density at radius 3 is 2.78 bits per heavy atom. The molecule has 2 aromatic heterocycles. The molecule has 4 unspecified atom stereocenters. The number of rotatable bonds is 7. The summed E-state index contributed by atoms with van der Waals surface area (Å²) in [4.78, 5) is 36.7. The zero-order valence-corrected chi connectivity index (χ0v) is 24.0. The smallest absolute Gasteiger partial charge is 0.300 e. The molecular weight excluding hydrogens is 510 g/mol. The number of fused-ring (bicyclic) bond motifs is 4. The summed E-state index contributed by atoms with van der Waals surface area (Å²) in [5, 5.41) is 8.13. The summed E-state index contributed by atoms with van der Waals surface area (Å²) in [6.07, 6.45) is 15.9. The van der Waals surface area contributed by atoms with Gasteiger partial charge in [-0.25, -0.2) is 4.98 Å². The van der Waals surface area contributed by atoms with Crippen LogP contribution in [0.1, 0.15) is 92.0 Å². The molecule has 3 N–H and O–H groups in total. The Bertz CT molecular complexity index is 1550. The summed E-state index contributed by atoms with van der Waals surface area (Å²) < 4.78 is 0. The van der Waals surface area contributed by atoms with E-state index in [1.54, 1.807) is 11.1 Å². The van der Waals surface area contributed by atoms with Gasteiger partial charge in [0, 0.05) is 34.8 Å². The molecule has 1 aromatic carbocycles. The summed E-state index contributed by atoms with van der Waals surface area (Å²) in [5.74, 6) is 3.46. The highest BCUT2D eigenvalue weighted by atomic mass is 16.2. The van der Waals surface area contributed by atoms with Gasteiger partial charge in [0.15, 0.2) is 0 Å². The van der Waals surface area contributed by atoms with Crippen LogP contribution in [0.3, 0.4) is 0 Å². The molecule has 212 valence electrons. The second-order valence-electron chi connectivity index (χ2n) is 13.2. The number of aromatic nitrogens is 2. The molecule has 3 heterocycles. The topological polar surface area (TPSA) is 90.1 Å². The molecular formula is C34H39N5O2. The molecule has 41 heavy (non-hydrogen) atoms. The van der Waals surface area contributed by atoms with Gasteiger partial charge >= 0.3 is 0 Å². The number of hydrogen-bond acceptors (Lipinski definition) is 4. The van der Waals surface area contributed by atoms with Gasteiger partial charge < -0.3 is 15.2 Å². The zero-order chi connectivity index (χ0) is 28.4. The number of carbonyl (C=O) groups excluding carboxylic acids is 2. The van der Waals surface area contributed by atoms with Crippen LogP contribution in [-0.2, 0) is 11.2 Å². The van der Waals surface area contributed by atoms with Gasteiger partial charge in [0.2, 0.25) is 0 Å². The molecule has 0 radical (unpaired) electrons. The predicted octanol–water partition coefficient (Wildman–Crippen LogP) is 5.08. The van der Waals surface area contributed by atoms with Crippen molar-refractivity contribution in [1.29, 1.82) is 0 Å². The average Bonchev–Trinajstić information content (AvgIpc) is 3.33. The largest absolute Gasteiger partial charge is 0.347 e. The van der Waals surface area contributed by atoms with Crippen LogP contribution >= 0.6 is 0 Å². The van der Waals surface area contributed by atoms with Crippen LogP contribution in [0.2, 0.25) is 0 Å². The number of nitrogens with one attached hydrogen (secondary N) is 3. The second kappa shape index (κ2) is 9.73. The molecule has 6 atom stereocenters. The van der Waals surface area contributed by atoms with Crippen LogP contribution in [0, 0.1) is 29.6 Å². The number of hydrogen-bond donors (Lipinski definition) is 3. The fraction of sp³-hybridized carbons (Fsp3) is 0.500. The van der Waals surface area contributed by atoms with E-state index in [4.69, 9.17) is 6.42 Å². The molecule has 3 aliphatic carbocycles. The van der Waals surface area contributed by atoms with Crippen LogP contribution in [0.4, 0.5) is 0 Å². The van der Waals surface area contributed by atoms with Crippen LogP contribution in [0.25, 0.3) is 11.0 Å². The van der Waals surface area contributed by atoms with Gasteiger partial charge in [0.1, 0.15) is 5.65 Å². The van der Waals surface area contributed by atoms with E-state index in [1.165, 1.54) is 12.8 Å². The number of pyridine rings is 1. The Morgan fingerprint density at radius 2 is 2.00 bits per heavy atom. The maximum absolute atomic E-state index is 13.5. The van der Waals surface area contributed by atoms with Crippen LogP contribution < -0.4 is 10.6 Å². The summed E-state index contributed by atoms with van der Waals surface area (Å²) in [5.41, 5.74) is 4.88. The molecule has 0 saturated heterocycles. The third-order valence-electron chi connectivity index (χ3n) is 10.3. The molecule has 7 nitrogen and oxygen atoms in total. The first-order valence-electron chi connectivity index (χ1n) is 15.3. The minimum atomic E-state index is -0.424.